The van der Waals surface area contributed by atoms with Gasteiger partial charge in [0.05, 0.1) is 25.5 Å². The largest absolute Gasteiger partial charge is 0.497 e. The molecule has 2 heterocycles. The normalized spacial score (nSPS) is 10.6. The molecule has 0 fully saturated rings. The average Bonchev–Trinajstić information content (AvgIpc) is 3.22. The van der Waals surface area contributed by atoms with Crippen molar-refractivity contribution in [3.8, 4) is 23.3 Å². The number of carboxylic acid groups (broad SMARTS) is 1. The first-order valence-corrected chi connectivity index (χ1v) is 10.6. The van der Waals surface area contributed by atoms with Crippen LogP contribution in [0, 0.1) is 11.8 Å². The number of methoxy groups -OCH3 is 2. The van der Waals surface area contributed by atoms with Crippen LogP contribution in [0.4, 0.5) is 5.69 Å². The van der Waals surface area contributed by atoms with Crippen LogP contribution in [0.5, 0.6) is 11.5 Å². The van der Waals surface area contributed by atoms with Gasteiger partial charge >= 0.3 is 5.97 Å². The second-order valence-corrected chi connectivity index (χ2v) is 8.13. The van der Waals surface area contributed by atoms with Gasteiger partial charge in [0, 0.05) is 17.6 Å². The Hall–Kier alpha value is -3.62. The molecule has 0 saturated heterocycles. The number of carboxylic acids is 1. The van der Waals surface area contributed by atoms with E-state index < -0.39 is 16.0 Å². The Labute approximate surface area is 176 Å². The third-order valence-electron chi connectivity index (χ3n) is 3.72. The van der Waals surface area contributed by atoms with Crippen LogP contribution in [0.25, 0.3) is 0 Å². The number of aromatic nitrogens is 2. The predicted molar refractivity (Wildman–Crippen MR) is 110 cm³/mol. The molecule has 0 atom stereocenters. The standard InChI is InChI=1S/C19H15N3O6S2/c1-27-14-7-8-20-13(10-14)4-6-17-21-18(11-29-17)30(25,26)22-15-5-3-12(19(23)24)9-16(15)28-2/h3,5,7-11,22H,1-2H3,(H,23,24). The number of nitrogens with zero attached hydrogens (tertiary/aromatic N) is 2. The van der Waals surface area contributed by atoms with E-state index in [2.05, 4.69) is 26.5 Å². The lowest BCUT2D eigenvalue weighted by molar-refractivity contribution is 0.0696. The molecule has 3 aromatic rings. The summed E-state index contributed by atoms with van der Waals surface area (Å²) in [6.45, 7) is 0. The lowest BCUT2D eigenvalue weighted by atomic mass is 10.2. The first kappa shape index (κ1) is 21.1. The summed E-state index contributed by atoms with van der Waals surface area (Å²) in [6, 6.07) is 7.12. The van der Waals surface area contributed by atoms with Crippen molar-refractivity contribution >= 4 is 33.0 Å². The van der Waals surface area contributed by atoms with Gasteiger partial charge in [0.1, 0.15) is 17.2 Å². The van der Waals surface area contributed by atoms with E-state index >= 15 is 0 Å². The fourth-order valence-corrected chi connectivity index (χ4v) is 4.28. The highest BCUT2D eigenvalue weighted by molar-refractivity contribution is 7.92. The molecule has 0 aliphatic heterocycles. The van der Waals surface area contributed by atoms with E-state index in [0.29, 0.717) is 11.4 Å². The fourth-order valence-electron chi connectivity index (χ4n) is 2.27. The summed E-state index contributed by atoms with van der Waals surface area (Å²) in [5.74, 6) is 5.08. The lowest BCUT2D eigenvalue weighted by Crippen LogP contribution is -2.14. The number of hydrogen-bond acceptors (Lipinski definition) is 8. The lowest BCUT2D eigenvalue weighted by Gasteiger charge is -2.11. The summed E-state index contributed by atoms with van der Waals surface area (Å²) < 4.78 is 37.8. The Morgan fingerprint density at radius 1 is 1.17 bits per heavy atom. The Balaban J connectivity index is 1.83. The van der Waals surface area contributed by atoms with E-state index in [-0.39, 0.29) is 27.0 Å². The Morgan fingerprint density at radius 2 is 1.97 bits per heavy atom. The van der Waals surface area contributed by atoms with Gasteiger partial charge in [-0.25, -0.2) is 14.8 Å². The van der Waals surface area contributed by atoms with E-state index in [1.807, 2.05) is 0 Å². The molecule has 0 unspecified atom stereocenters. The number of rotatable bonds is 6. The summed E-state index contributed by atoms with van der Waals surface area (Å²) in [5, 5.41) is 10.5. The van der Waals surface area contributed by atoms with Crippen LogP contribution < -0.4 is 14.2 Å². The van der Waals surface area contributed by atoms with Crippen molar-refractivity contribution in [2.24, 2.45) is 0 Å². The van der Waals surface area contributed by atoms with Crippen LogP contribution in [-0.2, 0) is 10.0 Å². The third kappa shape index (κ3) is 4.86. The minimum atomic E-state index is -4.03. The van der Waals surface area contributed by atoms with Crippen LogP contribution in [-0.4, -0.2) is 43.7 Å². The maximum atomic E-state index is 12.6. The van der Waals surface area contributed by atoms with Gasteiger partial charge in [-0.05, 0) is 36.1 Å². The molecular weight excluding hydrogens is 430 g/mol. The zero-order chi connectivity index (χ0) is 21.7. The molecule has 0 amide bonds. The van der Waals surface area contributed by atoms with Gasteiger partial charge in [-0.1, -0.05) is 0 Å². The van der Waals surface area contributed by atoms with Crippen LogP contribution in [0.3, 0.4) is 0 Å². The molecule has 9 nitrogen and oxygen atoms in total. The number of carbonyl (C=O) groups is 1. The molecule has 154 valence electrons. The molecule has 2 N–H and O–H groups in total. The molecule has 0 aliphatic carbocycles. The summed E-state index contributed by atoms with van der Waals surface area (Å²) >= 11 is 1.06. The molecular formula is C19H15N3O6S2. The van der Waals surface area contributed by atoms with Gasteiger partial charge < -0.3 is 14.6 Å². The number of pyridine rings is 1. The number of ether oxygens (including phenoxy) is 2. The molecule has 2 aromatic heterocycles. The van der Waals surface area contributed by atoms with Gasteiger partial charge in [-0.2, -0.15) is 8.42 Å². The number of nitrogens with one attached hydrogen (secondary N) is 1. The van der Waals surface area contributed by atoms with E-state index in [0.717, 1.165) is 11.3 Å². The average molecular weight is 445 g/mol. The summed E-state index contributed by atoms with van der Waals surface area (Å²) in [5.41, 5.74) is 0.506. The Kier molecular flexibility index (Phi) is 6.20. The highest BCUT2D eigenvalue weighted by Gasteiger charge is 2.20. The van der Waals surface area contributed by atoms with Crippen LogP contribution in [0.15, 0.2) is 46.9 Å². The minimum absolute atomic E-state index is 0.0350. The molecule has 0 saturated carbocycles. The maximum absolute atomic E-state index is 12.6. The first-order valence-electron chi connectivity index (χ1n) is 8.24. The van der Waals surface area contributed by atoms with Gasteiger partial charge in [0.15, 0.2) is 10.0 Å². The van der Waals surface area contributed by atoms with Crippen LogP contribution in [0.2, 0.25) is 0 Å². The van der Waals surface area contributed by atoms with Crippen molar-refractivity contribution < 1.29 is 27.8 Å². The zero-order valence-corrected chi connectivity index (χ0v) is 17.4. The smallest absolute Gasteiger partial charge is 0.335 e. The Morgan fingerprint density at radius 3 is 2.67 bits per heavy atom. The number of anilines is 1. The van der Waals surface area contributed by atoms with Gasteiger partial charge in [0.25, 0.3) is 10.0 Å². The summed E-state index contributed by atoms with van der Waals surface area (Å²) in [6.07, 6.45) is 1.55. The highest BCUT2D eigenvalue weighted by Crippen LogP contribution is 2.28. The molecule has 0 radical (unpaired) electrons. The van der Waals surface area contributed by atoms with Crippen LogP contribution in [0.1, 0.15) is 21.1 Å². The van der Waals surface area contributed by atoms with Crippen molar-refractivity contribution in [2.75, 3.05) is 18.9 Å². The molecule has 1 aromatic carbocycles. The SMILES string of the molecule is COc1ccnc(C#Cc2nc(S(=O)(=O)Nc3ccc(C(=O)O)cc3OC)cs2)c1. The van der Waals surface area contributed by atoms with Crippen LogP contribution >= 0.6 is 11.3 Å². The van der Waals surface area contributed by atoms with Crippen molar-refractivity contribution in [3.05, 3.63) is 58.2 Å². The van der Waals surface area contributed by atoms with E-state index in [4.69, 9.17) is 14.6 Å². The van der Waals surface area contributed by atoms with Crippen molar-refractivity contribution in [3.63, 3.8) is 0 Å². The second kappa shape index (κ2) is 8.81. The quantitative estimate of drug-likeness (QED) is 0.554. The highest BCUT2D eigenvalue weighted by atomic mass is 32.2. The second-order valence-electron chi connectivity index (χ2n) is 5.65. The monoisotopic (exact) mass is 445 g/mol. The first-order chi connectivity index (χ1) is 14.3. The molecule has 30 heavy (non-hydrogen) atoms. The number of sulfonamides is 1. The van der Waals surface area contributed by atoms with E-state index in [9.17, 15) is 13.2 Å². The van der Waals surface area contributed by atoms with E-state index in [1.54, 1.807) is 18.3 Å². The summed E-state index contributed by atoms with van der Waals surface area (Å²) in [7, 11) is -1.20. The molecule has 0 spiro atoms. The zero-order valence-electron chi connectivity index (χ0n) is 15.7. The van der Waals surface area contributed by atoms with Crippen molar-refractivity contribution in [2.45, 2.75) is 5.03 Å². The topological polar surface area (TPSA) is 128 Å². The number of aromatic carboxylic acids is 1. The molecule has 11 heteroatoms. The maximum Gasteiger partial charge on any atom is 0.335 e. The van der Waals surface area contributed by atoms with Crippen molar-refractivity contribution in [1.82, 2.24) is 9.97 Å². The third-order valence-corrected chi connectivity index (χ3v) is 5.87. The predicted octanol–water partition coefficient (Wildman–Crippen LogP) is 2.45. The molecule has 3 rings (SSSR count). The summed E-state index contributed by atoms with van der Waals surface area (Å²) in [4.78, 5) is 19.2. The van der Waals surface area contributed by atoms with Crippen molar-refractivity contribution in [1.29, 1.82) is 0 Å². The molecule has 0 bridgehead atoms. The number of benzene rings is 1. The van der Waals surface area contributed by atoms with Gasteiger partial charge in [-0.15, -0.1) is 11.3 Å². The van der Waals surface area contributed by atoms with Gasteiger partial charge in [-0.3, -0.25) is 4.72 Å². The number of thiazole rings is 1. The van der Waals surface area contributed by atoms with E-state index in [1.165, 1.54) is 37.8 Å². The number of hydrogen-bond donors (Lipinski definition) is 2. The minimum Gasteiger partial charge on any atom is -0.497 e. The fraction of sp³-hybridized carbons (Fsp3) is 0.105. The molecule has 0 aliphatic rings. The Bertz CT molecular complexity index is 1260. The van der Waals surface area contributed by atoms with Gasteiger partial charge in [0.2, 0.25) is 0 Å².